The molecule has 1 aromatic heterocycles. The number of hydrogen-bond donors (Lipinski definition) is 3. The third kappa shape index (κ3) is 5.93. The van der Waals surface area contributed by atoms with Crippen LogP contribution < -0.4 is 16.0 Å². The molecule has 0 spiro atoms. The zero-order chi connectivity index (χ0) is 19.1. The molecule has 0 saturated carbocycles. The summed E-state index contributed by atoms with van der Waals surface area (Å²) < 4.78 is 0. The van der Waals surface area contributed by atoms with Crippen LogP contribution in [0.3, 0.4) is 0 Å². The van der Waals surface area contributed by atoms with Crippen LogP contribution in [0, 0.1) is 6.92 Å². The molecule has 3 rings (SSSR count). The number of nitrogens with one attached hydrogen (secondary N) is 3. The summed E-state index contributed by atoms with van der Waals surface area (Å²) in [5, 5.41) is 10.5. The standard InChI is InChI=1S/C20H20N4O2S/c1-14-6-5-9-16(10-14)22-19(26)24-20-23-17(13-27-20)11-18(25)21-12-15-7-3-2-4-8-15/h2-10,13H,11-12H2,1H3,(H,21,25)(H2,22,23,24,26). The lowest BCUT2D eigenvalue weighted by atomic mass is 10.2. The lowest BCUT2D eigenvalue weighted by Crippen LogP contribution is -2.24. The second-order valence-electron chi connectivity index (χ2n) is 6.03. The number of aromatic nitrogens is 1. The maximum Gasteiger partial charge on any atom is 0.325 e. The minimum Gasteiger partial charge on any atom is -0.352 e. The van der Waals surface area contributed by atoms with Gasteiger partial charge in [0.05, 0.1) is 12.1 Å². The largest absolute Gasteiger partial charge is 0.352 e. The number of amides is 3. The molecule has 0 radical (unpaired) electrons. The Balaban J connectivity index is 1.47. The summed E-state index contributed by atoms with van der Waals surface area (Å²) in [6.07, 6.45) is 0.171. The summed E-state index contributed by atoms with van der Waals surface area (Å²) in [6, 6.07) is 16.9. The maximum atomic E-state index is 12.0. The first-order valence-electron chi connectivity index (χ1n) is 8.48. The molecule has 0 aliphatic carbocycles. The highest BCUT2D eigenvalue weighted by atomic mass is 32.1. The van der Waals surface area contributed by atoms with E-state index in [4.69, 9.17) is 0 Å². The molecule has 138 valence electrons. The molecule has 6 nitrogen and oxygen atoms in total. The smallest absolute Gasteiger partial charge is 0.325 e. The molecule has 0 aliphatic rings. The normalized spacial score (nSPS) is 10.3. The topological polar surface area (TPSA) is 83.1 Å². The molecule has 0 aliphatic heterocycles. The van der Waals surface area contributed by atoms with E-state index in [0.29, 0.717) is 23.1 Å². The zero-order valence-corrected chi connectivity index (χ0v) is 15.7. The summed E-state index contributed by atoms with van der Waals surface area (Å²) in [5.74, 6) is -0.111. The van der Waals surface area contributed by atoms with E-state index >= 15 is 0 Å². The number of rotatable bonds is 6. The van der Waals surface area contributed by atoms with Gasteiger partial charge in [0.1, 0.15) is 0 Å². The van der Waals surface area contributed by atoms with Crippen LogP contribution in [-0.4, -0.2) is 16.9 Å². The number of urea groups is 1. The Bertz CT molecular complexity index is 924. The second-order valence-corrected chi connectivity index (χ2v) is 6.89. The van der Waals surface area contributed by atoms with Crippen molar-refractivity contribution in [3.63, 3.8) is 0 Å². The molecular weight excluding hydrogens is 360 g/mol. The van der Waals surface area contributed by atoms with Crippen LogP contribution in [0.2, 0.25) is 0 Å². The number of carbonyl (C=O) groups excluding carboxylic acids is 2. The number of hydrogen-bond acceptors (Lipinski definition) is 4. The SMILES string of the molecule is Cc1cccc(NC(=O)Nc2nc(CC(=O)NCc3ccccc3)cs2)c1. The van der Waals surface area contributed by atoms with Crippen molar-refractivity contribution in [1.82, 2.24) is 10.3 Å². The molecule has 2 aromatic carbocycles. The molecule has 3 N–H and O–H groups in total. The highest BCUT2D eigenvalue weighted by Gasteiger charge is 2.10. The van der Waals surface area contributed by atoms with Crippen molar-refractivity contribution in [3.05, 3.63) is 76.8 Å². The van der Waals surface area contributed by atoms with Gasteiger partial charge in [-0.3, -0.25) is 10.1 Å². The molecule has 27 heavy (non-hydrogen) atoms. The molecule has 0 atom stereocenters. The van der Waals surface area contributed by atoms with Crippen LogP contribution in [0.5, 0.6) is 0 Å². The van der Waals surface area contributed by atoms with Crippen LogP contribution in [-0.2, 0) is 17.8 Å². The zero-order valence-electron chi connectivity index (χ0n) is 14.9. The van der Waals surface area contributed by atoms with Crippen molar-refractivity contribution < 1.29 is 9.59 Å². The van der Waals surface area contributed by atoms with Gasteiger partial charge in [0, 0.05) is 17.6 Å². The first-order valence-corrected chi connectivity index (χ1v) is 9.36. The lowest BCUT2D eigenvalue weighted by molar-refractivity contribution is -0.120. The number of anilines is 2. The Labute approximate surface area is 161 Å². The lowest BCUT2D eigenvalue weighted by Gasteiger charge is -2.06. The Hall–Kier alpha value is -3.19. The molecule has 3 amide bonds. The monoisotopic (exact) mass is 380 g/mol. The van der Waals surface area contributed by atoms with Crippen LogP contribution in [0.1, 0.15) is 16.8 Å². The molecular formula is C20H20N4O2S. The third-order valence-corrected chi connectivity index (χ3v) is 4.53. The van der Waals surface area contributed by atoms with E-state index in [1.165, 1.54) is 11.3 Å². The first-order chi connectivity index (χ1) is 13.1. The molecule has 0 fully saturated rings. The van der Waals surface area contributed by atoms with Gasteiger partial charge >= 0.3 is 6.03 Å². The number of benzene rings is 2. The molecule has 0 bridgehead atoms. The van der Waals surface area contributed by atoms with E-state index in [0.717, 1.165) is 11.1 Å². The Morgan fingerprint density at radius 1 is 1.04 bits per heavy atom. The quantitative estimate of drug-likeness (QED) is 0.605. The maximum absolute atomic E-state index is 12.0. The van der Waals surface area contributed by atoms with Crippen LogP contribution in [0.4, 0.5) is 15.6 Å². The van der Waals surface area contributed by atoms with E-state index in [1.807, 2.05) is 61.5 Å². The minimum atomic E-state index is -0.366. The number of nitrogens with zero attached hydrogens (tertiary/aromatic N) is 1. The van der Waals surface area contributed by atoms with Crippen molar-refractivity contribution in [2.75, 3.05) is 10.6 Å². The summed E-state index contributed by atoms with van der Waals surface area (Å²) in [5.41, 5.74) is 3.44. The fourth-order valence-corrected chi connectivity index (χ4v) is 3.16. The van der Waals surface area contributed by atoms with Crippen LogP contribution in [0.15, 0.2) is 60.0 Å². The first kappa shape index (κ1) is 18.6. The van der Waals surface area contributed by atoms with Crippen LogP contribution in [0.25, 0.3) is 0 Å². The summed E-state index contributed by atoms with van der Waals surface area (Å²) in [4.78, 5) is 28.4. The van der Waals surface area contributed by atoms with Crippen molar-refractivity contribution >= 4 is 34.1 Å². The average molecular weight is 380 g/mol. The second kappa shape index (κ2) is 8.95. The molecule has 3 aromatic rings. The summed E-state index contributed by atoms with van der Waals surface area (Å²) in [7, 11) is 0. The van der Waals surface area contributed by atoms with Gasteiger partial charge < -0.3 is 10.6 Å². The highest BCUT2D eigenvalue weighted by molar-refractivity contribution is 7.14. The van der Waals surface area contributed by atoms with Gasteiger partial charge in [-0.25, -0.2) is 9.78 Å². The van der Waals surface area contributed by atoms with Gasteiger partial charge in [-0.2, -0.15) is 0 Å². The van der Waals surface area contributed by atoms with Crippen molar-refractivity contribution in [3.8, 4) is 0 Å². The number of aryl methyl sites for hydroxylation is 1. The number of thiazole rings is 1. The highest BCUT2D eigenvalue weighted by Crippen LogP contribution is 2.17. The van der Waals surface area contributed by atoms with Crippen molar-refractivity contribution in [1.29, 1.82) is 0 Å². The van der Waals surface area contributed by atoms with Gasteiger partial charge in [0.2, 0.25) is 5.91 Å². The molecule has 7 heteroatoms. The van der Waals surface area contributed by atoms with Gasteiger partial charge in [-0.15, -0.1) is 11.3 Å². The van der Waals surface area contributed by atoms with E-state index in [1.54, 1.807) is 5.38 Å². The van der Waals surface area contributed by atoms with Crippen molar-refractivity contribution in [2.24, 2.45) is 0 Å². The van der Waals surface area contributed by atoms with Crippen molar-refractivity contribution in [2.45, 2.75) is 19.9 Å². The summed E-state index contributed by atoms with van der Waals surface area (Å²) in [6.45, 7) is 2.44. The predicted octanol–water partition coefficient (Wildman–Crippen LogP) is 3.95. The Morgan fingerprint density at radius 3 is 2.63 bits per heavy atom. The van der Waals surface area contributed by atoms with E-state index in [9.17, 15) is 9.59 Å². The minimum absolute atomic E-state index is 0.111. The van der Waals surface area contributed by atoms with E-state index < -0.39 is 0 Å². The van der Waals surface area contributed by atoms with Gasteiger partial charge in [-0.1, -0.05) is 42.5 Å². The van der Waals surface area contributed by atoms with Crippen LogP contribution >= 0.6 is 11.3 Å². The van der Waals surface area contributed by atoms with Gasteiger partial charge in [-0.05, 0) is 30.2 Å². The molecule has 0 unspecified atom stereocenters. The fourth-order valence-electron chi connectivity index (χ4n) is 2.45. The Kier molecular flexibility index (Phi) is 6.17. The van der Waals surface area contributed by atoms with Gasteiger partial charge in [0.15, 0.2) is 5.13 Å². The fraction of sp³-hybridized carbons (Fsp3) is 0.150. The molecule has 1 heterocycles. The van der Waals surface area contributed by atoms with E-state index in [2.05, 4.69) is 20.9 Å². The van der Waals surface area contributed by atoms with E-state index in [-0.39, 0.29) is 18.4 Å². The average Bonchev–Trinajstić information content (AvgIpc) is 3.07. The third-order valence-electron chi connectivity index (χ3n) is 3.72. The number of carbonyl (C=O) groups is 2. The van der Waals surface area contributed by atoms with Gasteiger partial charge in [0.25, 0.3) is 0 Å². The summed E-state index contributed by atoms with van der Waals surface area (Å²) >= 11 is 1.28. The molecule has 0 saturated heterocycles. The Morgan fingerprint density at radius 2 is 1.85 bits per heavy atom. The predicted molar refractivity (Wildman–Crippen MR) is 108 cm³/mol.